The lowest BCUT2D eigenvalue weighted by Crippen LogP contribution is -2.55. The van der Waals surface area contributed by atoms with Crippen LogP contribution in [0.3, 0.4) is 0 Å². The minimum atomic E-state index is -4.46. The van der Waals surface area contributed by atoms with Crippen LogP contribution in [-0.2, 0) is 25.1 Å². The highest BCUT2D eigenvalue weighted by Gasteiger charge is 2.64. The minimum Gasteiger partial charge on any atom is -0.344 e. The number of fused-ring (bicyclic) bond motifs is 2. The SMILES string of the molecule is CP(=O)(Cc1ccccc1)[C@@]12C[C@H]1CCCCCCC[C@H](NC(=O)CCC(F)(F)F)C(=O)N1CCC[C@H]1C(=O)N2. The molecule has 2 aliphatic heterocycles. The number of carbonyl (C=O) groups is 3. The quantitative estimate of drug-likeness (QED) is 0.428. The van der Waals surface area contributed by atoms with Crippen LogP contribution in [0.5, 0.6) is 0 Å². The number of amides is 3. The number of hydrogen-bond acceptors (Lipinski definition) is 4. The molecule has 0 bridgehead atoms. The highest BCUT2D eigenvalue weighted by atomic mass is 31.2. The van der Waals surface area contributed by atoms with E-state index in [-0.39, 0.29) is 11.8 Å². The zero-order valence-electron chi connectivity index (χ0n) is 23.2. The highest BCUT2D eigenvalue weighted by Crippen LogP contribution is 2.72. The fraction of sp³-hybridized carbons (Fsp3) is 0.690. The zero-order chi connectivity index (χ0) is 29.0. The lowest BCUT2D eigenvalue weighted by Gasteiger charge is -2.32. The van der Waals surface area contributed by atoms with Gasteiger partial charge >= 0.3 is 6.18 Å². The Balaban J connectivity index is 1.53. The topological polar surface area (TPSA) is 95.6 Å². The van der Waals surface area contributed by atoms with Gasteiger partial charge in [-0.2, -0.15) is 13.2 Å². The van der Waals surface area contributed by atoms with Gasteiger partial charge < -0.3 is 20.1 Å². The maximum Gasteiger partial charge on any atom is 0.389 e. The lowest BCUT2D eigenvalue weighted by atomic mass is 10.0. The van der Waals surface area contributed by atoms with Crippen molar-refractivity contribution in [3.63, 3.8) is 0 Å². The molecule has 3 fully saturated rings. The van der Waals surface area contributed by atoms with Crippen LogP contribution >= 0.6 is 7.14 Å². The monoisotopic (exact) mass is 583 g/mol. The molecule has 5 atom stereocenters. The molecule has 2 heterocycles. The largest absolute Gasteiger partial charge is 0.389 e. The molecule has 0 spiro atoms. The van der Waals surface area contributed by atoms with Crippen LogP contribution in [0.15, 0.2) is 30.3 Å². The Morgan fingerprint density at radius 1 is 1.05 bits per heavy atom. The number of nitrogens with zero attached hydrogens (tertiary/aromatic N) is 1. The normalized spacial score (nSPS) is 29.7. The van der Waals surface area contributed by atoms with Gasteiger partial charge in [-0.15, -0.1) is 0 Å². The van der Waals surface area contributed by atoms with Crippen molar-refractivity contribution in [3.8, 4) is 0 Å². The number of halogens is 3. The second-order valence-corrected chi connectivity index (χ2v) is 15.1. The molecule has 1 aromatic rings. The molecule has 3 aliphatic rings. The predicted octanol–water partition coefficient (Wildman–Crippen LogP) is 5.57. The van der Waals surface area contributed by atoms with Crippen LogP contribution in [0.4, 0.5) is 13.2 Å². The van der Waals surface area contributed by atoms with Gasteiger partial charge in [0.25, 0.3) is 0 Å². The molecule has 3 amide bonds. The van der Waals surface area contributed by atoms with Crippen LogP contribution in [-0.4, -0.2) is 59.4 Å². The summed E-state index contributed by atoms with van der Waals surface area (Å²) in [5, 5.41) is 4.90. The first-order valence-electron chi connectivity index (χ1n) is 14.5. The summed E-state index contributed by atoms with van der Waals surface area (Å²) in [4.78, 5) is 41.1. The van der Waals surface area contributed by atoms with E-state index in [4.69, 9.17) is 0 Å². The maximum absolute atomic E-state index is 14.3. The van der Waals surface area contributed by atoms with E-state index in [0.717, 1.165) is 37.7 Å². The molecule has 0 aromatic heterocycles. The molecule has 7 nitrogen and oxygen atoms in total. The van der Waals surface area contributed by atoms with Crippen molar-refractivity contribution < 1.29 is 32.1 Å². The predicted molar refractivity (Wildman–Crippen MR) is 147 cm³/mol. The molecule has 1 aromatic carbocycles. The molecular weight excluding hydrogens is 542 g/mol. The van der Waals surface area contributed by atoms with Gasteiger partial charge in [0, 0.05) is 19.1 Å². The molecule has 11 heteroatoms. The van der Waals surface area contributed by atoms with Gasteiger partial charge in [-0.25, -0.2) is 0 Å². The second-order valence-electron chi connectivity index (χ2n) is 11.8. The first kappa shape index (κ1) is 30.6. The van der Waals surface area contributed by atoms with E-state index < -0.39 is 55.3 Å². The van der Waals surface area contributed by atoms with Gasteiger partial charge in [0.2, 0.25) is 17.7 Å². The van der Waals surface area contributed by atoms with Crippen molar-refractivity contribution in [2.45, 2.75) is 107 Å². The van der Waals surface area contributed by atoms with Gasteiger partial charge in [0.05, 0.1) is 11.7 Å². The Kier molecular flexibility index (Phi) is 9.69. The van der Waals surface area contributed by atoms with E-state index in [1.807, 2.05) is 30.3 Å². The Labute approximate surface area is 234 Å². The van der Waals surface area contributed by atoms with Crippen molar-refractivity contribution in [2.24, 2.45) is 5.92 Å². The second kappa shape index (κ2) is 12.7. The average Bonchev–Trinajstić information content (AvgIpc) is 3.37. The average molecular weight is 584 g/mol. The van der Waals surface area contributed by atoms with E-state index in [9.17, 15) is 32.1 Å². The number of carbonyl (C=O) groups excluding carboxylic acids is 3. The highest BCUT2D eigenvalue weighted by molar-refractivity contribution is 7.64. The number of hydrogen-bond donors (Lipinski definition) is 2. The van der Waals surface area contributed by atoms with Crippen molar-refractivity contribution in [1.29, 1.82) is 0 Å². The maximum atomic E-state index is 14.3. The molecule has 222 valence electrons. The minimum absolute atomic E-state index is 0.118. The summed E-state index contributed by atoms with van der Waals surface area (Å²) < 4.78 is 52.2. The van der Waals surface area contributed by atoms with E-state index in [0.29, 0.717) is 44.8 Å². The summed E-state index contributed by atoms with van der Waals surface area (Å²) >= 11 is 0. The Bertz CT molecular complexity index is 1120. The molecule has 2 N–H and O–H groups in total. The summed E-state index contributed by atoms with van der Waals surface area (Å²) in [5.41, 5.74) is 0.959. The molecule has 0 radical (unpaired) electrons. The van der Waals surface area contributed by atoms with Crippen molar-refractivity contribution in [1.82, 2.24) is 15.5 Å². The van der Waals surface area contributed by atoms with Crippen LogP contribution in [0.1, 0.15) is 82.6 Å². The third kappa shape index (κ3) is 7.48. The van der Waals surface area contributed by atoms with Gasteiger partial charge in [0.1, 0.15) is 19.2 Å². The summed E-state index contributed by atoms with van der Waals surface area (Å²) in [6.07, 6.45) is 1.11. The molecule has 1 saturated carbocycles. The van der Waals surface area contributed by atoms with Crippen molar-refractivity contribution in [3.05, 3.63) is 35.9 Å². The number of alkyl halides is 3. The lowest BCUT2D eigenvalue weighted by molar-refractivity contribution is -0.146. The van der Waals surface area contributed by atoms with Crippen LogP contribution < -0.4 is 10.6 Å². The number of benzene rings is 1. The van der Waals surface area contributed by atoms with E-state index in [1.54, 1.807) is 6.66 Å². The number of nitrogens with one attached hydrogen (secondary N) is 2. The van der Waals surface area contributed by atoms with Gasteiger partial charge in [0.15, 0.2) is 0 Å². The first-order chi connectivity index (χ1) is 18.9. The Hall–Kier alpha value is -2.35. The third-order valence-electron chi connectivity index (χ3n) is 8.74. The fourth-order valence-electron chi connectivity index (χ4n) is 6.43. The standard InChI is InChI=1S/C29H41F3N3O4P/c1-40(39,20-21-11-6-5-7-12-21)28-19-22(28)13-8-3-2-4-9-14-23(33-25(36)16-17-29(30,31)32)27(38)35-18-10-15-24(35)26(37)34-28/h5-7,11-12,22-24H,2-4,8-10,13-20H2,1H3,(H,33,36)(H,34,37)/t22-,23+,24+,28+,40?/m1/s1. The summed E-state index contributed by atoms with van der Waals surface area (Å²) in [6.45, 7) is 2.11. The smallest absolute Gasteiger partial charge is 0.344 e. The van der Waals surface area contributed by atoms with Crippen molar-refractivity contribution >= 4 is 24.9 Å². The van der Waals surface area contributed by atoms with Crippen molar-refractivity contribution in [2.75, 3.05) is 13.2 Å². The van der Waals surface area contributed by atoms with E-state index in [2.05, 4.69) is 10.6 Å². The zero-order valence-corrected chi connectivity index (χ0v) is 24.1. The molecule has 1 aliphatic carbocycles. The molecular formula is C29H41F3N3O4P. The first-order valence-corrected chi connectivity index (χ1v) is 16.8. The summed E-state index contributed by atoms with van der Waals surface area (Å²) in [7, 11) is -2.89. The van der Waals surface area contributed by atoms with Gasteiger partial charge in [-0.3, -0.25) is 14.4 Å². The fourth-order valence-corrected chi connectivity index (χ4v) is 9.47. The van der Waals surface area contributed by atoms with Crippen LogP contribution in [0.25, 0.3) is 0 Å². The van der Waals surface area contributed by atoms with Crippen LogP contribution in [0.2, 0.25) is 0 Å². The molecule has 2 saturated heterocycles. The summed E-state index contributed by atoms with van der Waals surface area (Å²) in [5.74, 6) is -1.47. The molecule has 4 rings (SSSR count). The summed E-state index contributed by atoms with van der Waals surface area (Å²) in [6, 6.07) is 7.88. The van der Waals surface area contributed by atoms with Gasteiger partial charge in [-0.05, 0) is 50.3 Å². The van der Waals surface area contributed by atoms with E-state index in [1.165, 1.54) is 4.90 Å². The Morgan fingerprint density at radius 2 is 1.73 bits per heavy atom. The molecule has 40 heavy (non-hydrogen) atoms. The van der Waals surface area contributed by atoms with Gasteiger partial charge in [-0.1, -0.05) is 62.4 Å². The van der Waals surface area contributed by atoms with Crippen LogP contribution in [0, 0.1) is 5.92 Å². The Morgan fingerprint density at radius 3 is 2.42 bits per heavy atom. The molecule has 1 unspecified atom stereocenters. The number of rotatable bonds is 6. The van der Waals surface area contributed by atoms with E-state index >= 15 is 0 Å². The third-order valence-corrected chi connectivity index (χ3v) is 12.1.